The third kappa shape index (κ3) is 3.47. The fourth-order valence-corrected chi connectivity index (χ4v) is 10.1. The fourth-order valence-electron chi connectivity index (χ4n) is 7.96. The van der Waals surface area contributed by atoms with Gasteiger partial charge in [-0.2, -0.15) is 0 Å². The van der Waals surface area contributed by atoms with E-state index in [1.54, 1.807) is 22.7 Å². The molecular formula is C41H28N2OS2. The van der Waals surface area contributed by atoms with Gasteiger partial charge in [0.2, 0.25) is 0 Å². The Labute approximate surface area is 273 Å². The van der Waals surface area contributed by atoms with Gasteiger partial charge in [-0.25, -0.2) is 9.97 Å². The van der Waals surface area contributed by atoms with Gasteiger partial charge in [0.15, 0.2) is 5.82 Å². The molecule has 5 heteroatoms. The minimum atomic E-state index is -0.0589. The van der Waals surface area contributed by atoms with E-state index in [0.29, 0.717) is 0 Å². The number of aromatic nitrogens is 2. The van der Waals surface area contributed by atoms with Crippen molar-refractivity contribution in [2.75, 3.05) is 0 Å². The molecule has 0 amide bonds. The molecule has 10 rings (SSSR count). The number of hydrogen-bond donors (Lipinski definition) is 0. The predicted octanol–water partition coefficient (Wildman–Crippen LogP) is 12.4. The van der Waals surface area contributed by atoms with Gasteiger partial charge in [0, 0.05) is 47.5 Å². The number of fused-ring (bicyclic) bond motifs is 11. The molecule has 220 valence electrons. The maximum atomic E-state index is 6.78. The van der Waals surface area contributed by atoms with Crippen molar-refractivity contribution in [2.45, 2.75) is 32.1 Å². The minimum Gasteiger partial charge on any atom is -0.456 e. The van der Waals surface area contributed by atoms with Crippen LogP contribution in [0.2, 0.25) is 0 Å². The van der Waals surface area contributed by atoms with Gasteiger partial charge < -0.3 is 4.42 Å². The third-order valence-electron chi connectivity index (χ3n) is 10.2. The molecule has 0 saturated heterocycles. The lowest BCUT2D eigenvalue weighted by molar-refractivity contribution is 0.486. The Morgan fingerprint density at radius 1 is 0.674 bits per heavy atom. The molecule has 0 radical (unpaired) electrons. The van der Waals surface area contributed by atoms with Gasteiger partial charge in [-0.15, -0.1) is 22.7 Å². The first-order valence-electron chi connectivity index (χ1n) is 15.9. The van der Waals surface area contributed by atoms with Crippen LogP contribution in [0.25, 0.3) is 85.4 Å². The molecule has 0 fully saturated rings. The van der Waals surface area contributed by atoms with Gasteiger partial charge in [-0.1, -0.05) is 80.6 Å². The summed E-state index contributed by atoms with van der Waals surface area (Å²) in [6.45, 7) is 4.62. The number of nitrogens with zero attached hydrogens (tertiary/aromatic N) is 2. The highest BCUT2D eigenvalue weighted by molar-refractivity contribution is 7.26. The van der Waals surface area contributed by atoms with Crippen molar-refractivity contribution in [3.63, 3.8) is 0 Å². The van der Waals surface area contributed by atoms with Gasteiger partial charge in [-0.3, -0.25) is 0 Å². The zero-order valence-electron chi connectivity index (χ0n) is 25.4. The van der Waals surface area contributed by atoms with Gasteiger partial charge in [0.25, 0.3) is 0 Å². The van der Waals surface area contributed by atoms with E-state index >= 15 is 0 Å². The molecule has 0 spiro atoms. The summed E-state index contributed by atoms with van der Waals surface area (Å²) in [5, 5.41) is 5.85. The standard InChI is InChI=1S/C41H28N2OS2/c1-3-41(4-2)30-14-8-6-12-25(30)26-18-19-27-29-21-24(17-20-31(29)44-38(27)36(26)41)39-42-37(34-22-23-11-5-9-15-32(23)45-34)35-28-13-7-10-16-33(28)46-40(35)43-39/h5-22H,3-4H2,1-2H3. The maximum absolute atomic E-state index is 6.78. The van der Waals surface area contributed by atoms with Crippen molar-refractivity contribution in [2.24, 2.45) is 0 Å². The number of hydrogen-bond acceptors (Lipinski definition) is 5. The molecule has 46 heavy (non-hydrogen) atoms. The zero-order chi connectivity index (χ0) is 30.6. The first kappa shape index (κ1) is 26.4. The van der Waals surface area contributed by atoms with Crippen LogP contribution in [0, 0.1) is 0 Å². The van der Waals surface area contributed by atoms with E-state index in [-0.39, 0.29) is 5.41 Å². The lowest BCUT2D eigenvalue weighted by Gasteiger charge is -2.29. The first-order chi connectivity index (χ1) is 22.7. The average molecular weight is 629 g/mol. The van der Waals surface area contributed by atoms with Crippen LogP contribution in [0.15, 0.2) is 114 Å². The van der Waals surface area contributed by atoms with Gasteiger partial charge >= 0.3 is 0 Å². The second-order valence-electron chi connectivity index (χ2n) is 12.3. The second-order valence-corrected chi connectivity index (χ2v) is 14.4. The quantitative estimate of drug-likeness (QED) is 0.195. The van der Waals surface area contributed by atoms with Gasteiger partial charge in [-0.05, 0) is 77.4 Å². The Kier molecular flexibility index (Phi) is 5.50. The van der Waals surface area contributed by atoms with Crippen LogP contribution in [-0.4, -0.2) is 9.97 Å². The first-order valence-corrected chi connectivity index (χ1v) is 17.6. The lowest BCUT2D eigenvalue weighted by atomic mass is 9.73. The van der Waals surface area contributed by atoms with Gasteiger partial charge in [0.1, 0.15) is 16.0 Å². The van der Waals surface area contributed by atoms with Crippen molar-refractivity contribution in [1.29, 1.82) is 0 Å². The van der Waals surface area contributed by atoms with Crippen LogP contribution >= 0.6 is 22.7 Å². The fraction of sp³-hybridized carbons (Fsp3) is 0.122. The monoisotopic (exact) mass is 628 g/mol. The molecular weight excluding hydrogens is 601 g/mol. The summed E-state index contributed by atoms with van der Waals surface area (Å²) in [7, 11) is 0. The van der Waals surface area contributed by atoms with Crippen molar-refractivity contribution in [3.8, 4) is 33.1 Å². The van der Waals surface area contributed by atoms with E-state index in [2.05, 4.69) is 123 Å². The Morgan fingerprint density at radius 3 is 2.35 bits per heavy atom. The van der Waals surface area contributed by atoms with Crippen LogP contribution < -0.4 is 0 Å². The Hall–Kier alpha value is -4.84. The zero-order valence-corrected chi connectivity index (χ0v) is 27.1. The SMILES string of the molecule is CCC1(CC)c2ccccc2-c2ccc3c(oc4ccc(-c5nc(-c6cc7ccccc7s6)c6c(n5)sc5ccccc56)cc43)c21. The van der Waals surface area contributed by atoms with E-state index in [9.17, 15) is 0 Å². The maximum Gasteiger partial charge on any atom is 0.161 e. The molecule has 1 aliphatic rings. The highest BCUT2D eigenvalue weighted by atomic mass is 32.1. The van der Waals surface area contributed by atoms with Crippen LogP contribution in [0.3, 0.4) is 0 Å². The van der Waals surface area contributed by atoms with E-state index in [1.165, 1.54) is 47.3 Å². The topological polar surface area (TPSA) is 38.9 Å². The Balaban J connectivity index is 1.21. The summed E-state index contributed by atoms with van der Waals surface area (Å²) in [5.41, 5.74) is 9.25. The molecule has 0 bridgehead atoms. The number of rotatable bonds is 4. The molecule has 0 atom stereocenters. The van der Waals surface area contributed by atoms with Crippen molar-refractivity contribution >= 4 is 75.0 Å². The molecule has 0 unspecified atom stereocenters. The summed E-state index contributed by atoms with van der Waals surface area (Å²) in [6, 6.07) is 39.4. The Morgan fingerprint density at radius 2 is 1.48 bits per heavy atom. The van der Waals surface area contributed by atoms with Crippen LogP contribution in [0.4, 0.5) is 0 Å². The molecule has 4 heterocycles. The normalized spacial score (nSPS) is 13.8. The van der Waals surface area contributed by atoms with Crippen LogP contribution in [-0.2, 0) is 5.41 Å². The van der Waals surface area contributed by atoms with E-state index in [1.807, 2.05) is 0 Å². The smallest absolute Gasteiger partial charge is 0.161 e. The number of furan rings is 1. The van der Waals surface area contributed by atoms with E-state index in [0.717, 1.165) is 62.1 Å². The minimum absolute atomic E-state index is 0.0589. The molecule has 3 nitrogen and oxygen atoms in total. The molecule has 9 aromatic rings. The average Bonchev–Trinajstić information content (AvgIpc) is 3.86. The summed E-state index contributed by atoms with van der Waals surface area (Å²) in [4.78, 5) is 12.7. The number of thiophene rings is 2. The van der Waals surface area contributed by atoms with Crippen molar-refractivity contribution in [3.05, 3.63) is 120 Å². The van der Waals surface area contributed by atoms with E-state index in [4.69, 9.17) is 14.4 Å². The summed E-state index contributed by atoms with van der Waals surface area (Å²) in [6.07, 6.45) is 2.05. The highest BCUT2D eigenvalue weighted by Gasteiger charge is 2.42. The molecule has 0 saturated carbocycles. The summed E-state index contributed by atoms with van der Waals surface area (Å²) >= 11 is 3.54. The lowest BCUT2D eigenvalue weighted by Crippen LogP contribution is -2.23. The predicted molar refractivity (Wildman–Crippen MR) is 195 cm³/mol. The second kappa shape index (κ2) is 9.58. The molecule has 0 aliphatic heterocycles. The summed E-state index contributed by atoms with van der Waals surface area (Å²) in [5.74, 6) is 0.743. The molecule has 1 aliphatic carbocycles. The molecule has 5 aromatic carbocycles. The van der Waals surface area contributed by atoms with Crippen LogP contribution in [0.5, 0.6) is 0 Å². The highest BCUT2D eigenvalue weighted by Crippen LogP contribution is 2.56. The third-order valence-corrected chi connectivity index (χ3v) is 12.4. The molecule has 4 aromatic heterocycles. The van der Waals surface area contributed by atoms with Crippen molar-refractivity contribution in [1.82, 2.24) is 9.97 Å². The largest absolute Gasteiger partial charge is 0.456 e. The Bertz CT molecular complexity index is 2650. The van der Waals surface area contributed by atoms with Gasteiger partial charge in [0.05, 0.1) is 10.6 Å². The summed E-state index contributed by atoms with van der Waals surface area (Å²) < 4.78 is 9.27. The van der Waals surface area contributed by atoms with Crippen molar-refractivity contribution < 1.29 is 4.42 Å². The van der Waals surface area contributed by atoms with Crippen LogP contribution in [0.1, 0.15) is 37.8 Å². The number of benzene rings is 5. The molecule has 0 N–H and O–H groups in total. The van der Waals surface area contributed by atoms with E-state index < -0.39 is 0 Å².